The number of aromatic nitrogens is 2. The van der Waals surface area contributed by atoms with Crippen molar-refractivity contribution in [3.8, 4) is 11.5 Å². The fourth-order valence-corrected chi connectivity index (χ4v) is 3.48. The molecule has 0 atom stereocenters. The summed E-state index contributed by atoms with van der Waals surface area (Å²) in [5.74, 6) is 0.566. The Balaban J connectivity index is 1.59. The Morgan fingerprint density at radius 2 is 1.88 bits per heavy atom. The molecule has 4 rings (SSSR count). The van der Waals surface area contributed by atoms with Crippen LogP contribution >= 0.6 is 11.6 Å². The lowest BCUT2D eigenvalue weighted by molar-refractivity contribution is -0.384. The summed E-state index contributed by atoms with van der Waals surface area (Å²) in [5, 5.41) is 15.3. The third-order valence-electron chi connectivity index (χ3n) is 4.89. The molecule has 4 aromatic rings. The number of benzene rings is 3. The smallest absolute Gasteiger partial charge is 0.349 e. The molecular formula is C23H17ClN4O6. The van der Waals surface area contributed by atoms with Gasteiger partial charge < -0.3 is 14.5 Å². The molecule has 0 spiro atoms. The Bertz CT molecular complexity index is 1530. The standard InChI is InChI=1S/C23H17ClN4O6/c1-33-20-11-15(12-25-27-22(29)17-4-2-3-5-19(17)26-23(27)30)10-18(24)21(20)34-13-14-6-8-16(9-7-14)28(31)32/h2-12H,13H2,1H3,(H,26,30). The Kier molecular flexibility index (Phi) is 6.42. The average molecular weight is 481 g/mol. The third kappa shape index (κ3) is 4.66. The van der Waals surface area contributed by atoms with E-state index in [0.29, 0.717) is 27.8 Å². The first kappa shape index (κ1) is 22.7. The van der Waals surface area contributed by atoms with Crippen LogP contribution in [0.25, 0.3) is 10.9 Å². The van der Waals surface area contributed by atoms with Crippen LogP contribution in [-0.2, 0) is 6.61 Å². The number of hydrogen-bond acceptors (Lipinski definition) is 7. The quantitative estimate of drug-likeness (QED) is 0.244. The van der Waals surface area contributed by atoms with E-state index in [0.717, 1.165) is 4.68 Å². The van der Waals surface area contributed by atoms with Gasteiger partial charge in [-0.15, -0.1) is 4.68 Å². The normalized spacial score (nSPS) is 11.1. The van der Waals surface area contributed by atoms with Gasteiger partial charge in [-0.3, -0.25) is 14.9 Å². The first-order valence-electron chi connectivity index (χ1n) is 9.89. The monoisotopic (exact) mass is 480 g/mol. The molecule has 172 valence electrons. The van der Waals surface area contributed by atoms with Crippen molar-refractivity contribution < 1.29 is 14.4 Å². The minimum Gasteiger partial charge on any atom is -0.493 e. The van der Waals surface area contributed by atoms with Crippen LogP contribution in [0.2, 0.25) is 5.02 Å². The molecule has 0 aliphatic rings. The molecule has 10 nitrogen and oxygen atoms in total. The summed E-state index contributed by atoms with van der Waals surface area (Å²) >= 11 is 6.38. The summed E-state index contributed by atoms with van der Waals surface area (Å²) < 4.78 is 11.9. The Morgan fingerprint density at radius 3 is 2.59 bits per heavy atom. The zero-order chi connectivity index (χ0) is 24.2. The van der Waals surface area contributed by atoms with E-state index in [1.165, 1.54) is 25.5 Å². The molecule has 0 aliphatic heterocycles. The number of aromatic amines is 1. The zero-order valence-corrected chi connectivity index (χ0v) is 18.5. The highest BCUT2D eigenvalue weighted by molar-refractivity contribution is 6.32. The van der Waals surface area contributed by atoms with Crippen molar-refractivity contribution in [2.75, 3.05) is 7.11 Å². The lowest BCUT2D eigenvalue weighted by atomic mass is 10.2. The number of nitro groups is 1. The summed E-state index contributed by atoms with van der Waals surface area (Å²) in [5.41, 5.74) is 0.321. The maximum atomic E-state index is 12.6. The van der Waals surface area contributed by atoms with Gasteiger partial charge in [0, 0.05) is 12.1 Å². The summed E-state index contributed by atoms with van der Waals surface area (Å²) in [4.78, 5) is 37.8. The van der Waals surface area contributed by atoms with Gasteiger partial charge in [0.05, 0.1) is 34.2 Å². The van der Waals surface area contributed by atoms with Gasteiger partial charge in [-0.25, -0.2) is 4.79 Å². The summed E-state index contributed by atoms with van der Waals surface area (Å²) in [6, 6.07) is 15.7. The van der Waals surface area contributed by atoms with Crippen molar-refractivity contribution in [1.82, 2.24) is 9.66 Å². The molecule has 11 heteroatoms. The number of para-hydroxylation sites is 1. The SMILES string of the molecule is COc1cc(C=Nn2c(=O)[nH]c3ccccc3c2=O)cc(Cl)c1OCc1ccc([N+](=O)[O-])cc1. The topological polar surface area (TPSA) is 129 Å². The van der Waals surface area contributed by atoms with E-state index >= 15 is 0 Å². The molecule has 0 unspecified atom stereocenters. The summed E-state index contributed by atoms with van der Waals surface area (Å²) in [6.07, 6.45) is 1.31. The lowest BCUT2D eigenvalue weighted by Crippen LogP contribution is -2.32. The van der Waals surface area contributed by atoms with E-state index in [2.05, 4.69) is 10.1 Å². The van der Waals surface area contributed by atoms with Gasteiger partial charge >= 0.3 is 5.69 Å². The van der Waals surface area contributed by atoms with Crippen molar-refractivity contribution in [3.63, 3.8) is 0 Å². The number of H-pyrrole nitrogens is 1. The molecule has 0 radical (unpaired) electrons. The van der Waals surface area contributed by atoms with Gasteiger partial charge in [0.2, 0.25) is 0 Å². The number of ether oxygens (including phenoxy) is 2. The maximum absolute atomic E-state index is 12.6. The number of halogens is 1. The second kappa shape index (κ2) is 9.59. The minimum atomic E-state index is -0.680. The molecule has 1 aromatic heterocycles. The number of non-ortho nitro benzene ring substituents is 1. The van der Waals surface area contributed by atoms with Crippen LogP contribution in [0.15, 0.2) is 75.4 Å². The van der Waals surface area contributed by atoms with Gasteiger partial charge in [-0.05, 0) is 47.5 Å². The molecule has 0 saturated carbocycles. The molecule has 0 bridgehead atoms. The highest BCUT2D eigenvalue weighted by Crippen LogP contribution is 2.36. The van der Waals surface area contributed by atoms with E-state index < -0.39 is 16.2 Å². The number of nitrogens with zero attached hydrogens (tertiary/aromatic N) is 3. The number of methoxy groups -OCH3 is 1. The molecule has 3 aromatic carbocycles. The van der Waals surface area contributed by atoms with Crippen LogP contribution in [0.4, 0.5) is 5.69 Å². The number of hydrogen-bond donors (Lipinski definition) is 1. The molecule has 0 amide bonds. The number of nitro benzene ring substituents is 1. The predicted molar refractivity (Wildman–Crippen MR) is 127 cm³/mol. The van der Waals surface area contributed by atoms with Gasteiger partial charge in [0.15, 0.2) is 11.5 Å². The van der Waals surface area contributed by atoms with E-state index in [4.69, 9.17) is 21.1 Å². The number of rotatable bonds is 7. The highest BCUT2D eigenvalue weighted by Gasteiger charge is 2.13. The van der Waals surface area contributed by atoms with Crippen LogP contribution in [0.3, 0.4) is 0 Å². The second-order valence-corrected chi connectivity index (χ2v) is 7.49. The van der Waals surface area contributed by atoms with Crippen LogP contribution in [-0.4, -0.2) is 27.9 Å². The van der Waals surface area contributed by atoms with Gasteiger partial charge in [-0.1, -0.05) is 23.7 Å². The lowest BCUT2D eigenvalue weighted by Gasteiger charge is -2.13. The number of fused-ring (bicyclic) bond motifs is 1. The summed E-state index contributed by atoms with van der Waals surface area (Å²) in [6.45, 7) is 0.101. The Labute approximate surface area is 196 Å². The van der Waals surface area contributed by atoms with Crippen LogP contribution < -0.4 is 20.7 Å². The fourth-order valence-electron chi connectivity index (χ4n) is 3.21. The van der Waals surface area contributed by atoms with Crippen LogP contribution in [0, 0.1) is 10.1 Å². The zero-order valence-electron chi connectivity index (χ0n) is 17.7. The largest absolute Gasteiger partial charge is 0.493 e. The van der Waals surface area contributed by atoms with E-state index in [-0.39, 0.29) is 23.1 Å². The maximum Gasteiger partial charge on any atom is 0.349 e. The van der Waals surface area contributed by atoms with E-state index in [9.17, 15) is 19.7 Å². The molecule has 1 N–H and O–H groups in total. The third-order valence-corrected chi connectivity index (χ3v) is 5.17. The Morgan fingerprint density at radius 1 is 1.15 bits per heavy atom. The van der Waals surface area contributed by atoms with Gasteiger partial charge in [-0.2, -0.15) is 5.10 Å². The van der Waals surface area contributed by atoms with Crippen molar-refractivity contribution in [2.24, 2.45) is 5.10 Å². The average Bonchev–Trinajstić information content (AvgIpc) is 2.83. The van der Waals surface area contributed by atoms with Crippen LogP contribution in [0.1, 0.15) is 11.1 Å². The van der Waals surface area contributed by atoms with Crippen molar-refractivity contribution in [3.05, 3.63) is 108 Å². The van der Waals surface area contributed by atoms with Crippen molar-refractivity contribution in [2.45, 2.75) is 6.61 Å². The van der Waals surface area contributed by atoms with Gasteiger partial charge in [0.1, 0.15) is 6.61 Å². The highest BCUT2D eigenvalue weighted by atomic mass is 35.5. The molecule has 0 fully saturated rings. The molecule has 1 heterocycles. The van der Waals surface area contributed by atoms with Gasteiger partial charge in [0.25, 0.3) is 11.2 Å². The first-order chi connectivity index (χ1) is 16.4. The molecule has 0 aliphatic carbocycles. The number of nitrogens with one attached hydrogen (secondary N) is 1. The van der Waals surface area contributed by atoms with Crippen molar-refractivity contribution >= 4 is 34.4 Å². The van der Waals surface area contributed by atoms with Crippen LogP contribution in [0.5, 0.6) is 11.5 Å². The summed E-state index contributed by atoms with van der Waals surface area (Å²) in [7, 11) is 1.43. The minimum absolute atomic E-state index is 0.0210. The molecule has 0 saturated heterocycles. The fraction of sp³-hybridized carbons (Fsp3) is 0.0870. The second-order valence-electron chi connectivity index (χ2n) is 7.08. The molecule has 34 heavy (non-hydrogen) atoms. The predicted octanol–water partition coefficient (Wildman–Crippen LogP) is 3.72. The van der Waals surface area contributed by atoms with Crippen molar-refractivity contribution in [1.29, 1.82) is 0 Å². The Hall–Kier alpha value is -4.44. The van der Waals surface area contributed by atoms with E-state index in [1.54, 1.807) is 48.5 Å². The van der Waals surface area contributed by atoms with E-state index in [1.807, 2.05) is 0 Å². The first-order valence-corrected chi connectivity index (χ1v) is 10.3. The molecular weight excluding hydrogens is 464 g/mol.